The van der Waals surface area contributed by atoms with E-state index in [1.807, 2.05) is 0 Å². The van der Waals surface area contributed by atoms with Crippen LogP contribution in [0.25, 0.3) is 0 Å². The number of nitrogens with zero attached hydrogens (tertiary/aromatic N) is 3. The highest BCUT2D eigenvalue weighted by atomic mass is 35.5. The molecule has 0 saturated heterocycles. The van der Waals surface area contributed by atoms with Crippen molar-refractivity contribution in [1.82, 2.24) is 15.0 Å². The van der Waals surface area contributed by atoms with Crippen LogP contribution in [0, 0.1) is 0 Å². The zero-order chi connectivity index (χ0) is 12.3. The summed E-state index contributed by atoms with van der Waals surface area (Å²) in [5, 5.41) is 1.87. The van der Waals surface area contributed by atoms with Crippen molar-refractivity contribution in [2.75, 3.05) is 5.43 Å². The van der Waals surface area contributed by atoms with E-state index < -0.39 is 0 Å². The van der Waals surface area contributed by atoms with Crippen LogP contribution in [0.2, 0.25) is 10.0 Å². The monoisotopic (exact) mass is 287 g/mol. The molecule has 0 radical (unpaired) electrons. The van der Waals surface area contributed by atoms with Gasteiger partial charge in [-0.3, -0.25) is 0 Å². The molecule has 88 valence electrons. The molecule has 3 N–H and O–H groups in total. The van der Waals surface area contributed by atoms with Crippen molar-refractivity contribution in [2.24, 2.45) is 5.84 Å². The summed E-state index contributed by atoms with van der Waals surface area (Å²) in [7, 11) is 0. The molecule has 2 aromatic heterocycles. The van der Waals surface area contributed by atoms with Gasteiger partial charge in [0.25, 0.3) is 0 Å². The van der Waals surface area contributed by atoms with Gasteiger partial charge in [0.2, 0.25) is 0 Å². The lowest BCUT2D eigenvalue weighted by atomic mass is 10.4. The van der Waals surface area contributed by atoms with Crippen molar-refractivity contribution < 1.29 is 0 Å². The van der Waals surface area contributed by atoms with Crippen molar-refractivity contribution in [1.29, 1.82) is 0 Å². The Bertz CT molecular complexity index is 522. The molecule has 0 fully saturated rings. The molecule has 17 heavy (non-hydrogen) atoms. The second kappa shape index (κ2) is 5.50. The fourth-order valence-electron chi connectivity index (χ4n) is 1.05. The van der Waals surface area contributed by atoms with Crippen molar-refractivity contribution in [3.63, 3.8) is 0 Å². The SMILES string of the molecule is NNc1nc(Sc2ncccn2)c(Cl)cc1Cl. The summed E-state index contributed by atoms with van der Waals surface area (Å²) in [5.41, 5.74) is 2.39. The maximum absolute atomic E-state index is 6.02. The van der Waals surface area contributed by atoms with Gasteiger partial charge in [0, 0.05) is 12.4 Å². The second-order valence-corrected chi connectivity index (χ2v) is 4.65. The van der Waals surface area contributed by atoms with E-state index in [1.165, 1.54) is 11.8 Å². The Morgan fingerprint density at radius 1 is 1.18 bits per heavy atom. The molecule has 2 aromatic rings. The van der Waals surface area contributed by atoms with E-state index in [-0.39, 0.29) is 0 Å². The lowest BCUT2D eigenvalue weighted by Gasteiger charge is -2.06. The normalized spacial score (nSPS) is 10.3. The number of nitrogens with one attached hydrogen (secondary N) is 1. The van der Waals surface area contributed by atoms with Gasteiger partial charge in [-0.15, -0.1) is 0 Å². The second-order valence-electron chi connectivity index (χ2n) is 2.88. The fraction of sp³-hybridized carbons (Fsp3) is 0. The zero-order valence-electron chi connectivity index (χ0n) is 8.39. The number of aromatic nitrogens is 3. The lowest BCUT2D eigenvalue weighted by molar-refractivity contribution is 0.960. The average molecular weight is 288 g/mol. The molecule has 2 rings (SSSR count). The van der Waals surface area contributed by atoms with E-state index in [0.717, 1.165) is 0 Å². The number of hydrazine groups is 1. The van der Waals surface area contributed by atoms with E-state index in [0.29, 0.717) is 26.0 Å². The first kappa shape index (κ1) is 12.4. The van der Waals surface area contributed by atoms with E-state index in [9.17, 15) is 0 Å². The van der Waals surface area contributed by atoms with Gasteiger partial charge in [-0.05, 0) is 23.9 Å². The van der Waals surface area contributed by atoms with Crippen molar-refractivity contribution in [2.45, 2.75) is 10.2 Å². The predicted molar refractivity (Wildman–Crippen MR) is 68.2 cm³/mol. The Morgan fingerprint density at radius 2 is 1.88 bits per heavy atom. The van der Waals surface area contributed by atoms with Crippen molar-refractivity contribution in [3.8, 4) is 0 Å². The zero-order valence-corrected chi connectivity index (χ0v) is 10.7. The van der Waals surface area contributed by atoms with E-state index >= 15 is 0 Å². The number of nitrogens with two attached hydrogens (primary N) is 1. The summed E-state index contributed by atoms with van der Waals surface area (Å²) in [4.78, 5) is 12.3. The maximum Gasteiger partial charge on any atom is 0.193 e. The summed E-state index contributed by atoms with van der Waals surface area (Å²) in [6.45, 7) is 0. The molecule has 0 unspecified atom stereocenters. The van der Waals surface area contributed by atoms with Gasteiger partial charge in [-0.2, -0.15) is 0 Å². The van der Waals surface area contributed by atoms with Crippen molar-refractivity contribution >= 4 is 40.8 Å². The van der Waals surface area contributed by atoms with Crippen LogP contribution >= 0.6 is 35.0 Å². The van der Waals surface area contributed by atoms with E-state index in [4.69, 9.17) is 29.0 Å². The molecule has 0 aliphatic heterocycles. The van der Waals surface area contributed by atoms with Gasteiger partial charge >= 0.3 is 0 Å². The summed E-state index contributed by atoms with van der Waals surface area (Å²) < 4.78 is 0. The Kier molecular flexibility index (Phi) is 4.01. The van der Waals surface area contributed by atoms with Gasteiger partial charge in [0.05, 0.1) is 10.0 Å². The molecular formula is C9H7Cl2N5S. The minimum atomic E-state index is 0.356. The molecule has 0 amide bonds. The highest BCUT2D eigenvalue weighted by Gasteiger charge is 2.11. The smallest absolute Gasteiger partial charge is 0.193 e. The quantitative estimate of drug-likeness (QED) is 0.513. The minimum absolute atomic E-state index is 0.356. The van der Waals surface area contributed by atoms with Crippen LogP contribution in [0.1, 0.15) is 0 Å². The van der Waals surface area contributed by atoms with Crippen LogP contribution in [0.15, 0.2) is 34.7 Å². The fourth-order valence-corrected chi connectivity index (χ4v) is 2.27. The number of hydrogen-bond acceptors (Lipinski definition) is 6. The van der Waals surface area contributed by atoms with Gasteiger partial charge in [0.1, 0.15) is 5.03 Å². The third-order valence-corrected chi connectivity index (χ3v) is 3.35. The van der Waals surface area contributed by atoms with Crippen LogP contribution < -0.4 is 11.3 Å². The third kappa shape index (κ3) is 2.98. The molecule has 0 aromatic carbocycles. The number of halogens is 2. The van der Waals surface area contributed by atoms with Crippen LogP contribution in [0.4, 0.5) is 5.82 Å². The first-order chi connectivity index (χ1) is 8.20. The van der Waals surface area contributed by atoms with Gasteiger partial charge < -0.3 is 5.43 Å². The van der Waals surface area contributed by atoms with Crippen LogP contribution in [-0.2, 0) is 0 Å². The first-order valence-electron chi connectivity index (χ1n) is 4.48. The topological polar surface area (TPSA) is 76.7 Å². The molecule has 0 atom stereocenters. The van der Waals surface area contributed by atoms with Gasteiger partial charge in [0.15, 0.2) is 11.0 Å². The predicted octanol–water partition coefficient (Wildman–Crippen LogP) is 2.62. The molecule has 0 aliphatic carbocycles. The Labute approximate surface area is 112 Å². The highest BCUT2D eigenvalue weighted by molar-refractivity contribution is 7.99. The number of hydrogen-bond donors (Lipinski definition) is 2. The molecule has 8 heteroatoms. The Hall–Kier alpha value is -1.08. The summed E-state index contributed by atoms with van der Waals surface area (Å²) >= 11 is 13.1. The molecule has 0 bridgehead atoms. The third-order valence-electron chi connectivity index (χ3n) is 1.76. The van der Waals surface area contributed by atoms with E-state index in [2.05, 4.69) is 20.4 Å². The first-order valence-corrected chi connectivity index (χ1v) is 6.05. The summed E-state index contributed by atoms with van der Waals surface area (Å²) in [5.74, 6) is 5.64. The molecular weight excluding hydrogens is 281 g/mol. The van der Waals surface area contributed by atoms with Gasteiger partial charge in [-0.25, -0.2) is 20.8 Å². The number of pyridine rings is 1. The van der Waals surface area contributed by atoms with Crippen LogP contribution in [-0.4, -0.2) is 15.0 Å². The molecule has 0 saturated carbocycles. The number of anilines is 1. The molecule has 0 aliphatic rings. The highest BCUT2D eigenvalue weighted by Crippen LogP contribution is 2.33. The minimum Gasteiger partial charge on any atom is -0.307 e. The lowest BCUT2D eigenvalue weighted by Crippen LogP contribution is -2.09. The maximum atomic E-state index is 6.02. The Balaban J connectivity index is 2.33. The van der Waals surface area contributed by atoms with Crippen molar-refractivity contribution in [3.05, 3.63) is 34.6 Å². The van der Waals surface area contributed by atoms with Crippen LogP contribution in [0.3, 0.4) is 0 Å². The Morgan fingerprint density at radius 3 is 2.53 bits per heavy atom. The van der Waals surface area contributed by atoms with Gasteiger partial charge in [-0.1, -0.05) is 23.2 Å². The molecule has 5 nitrogen and oxygen atoms in total. The standard InChI is InChI=1S/C9H7Cl2N5S/c10-5-4-6(11)8(15-7(5)16-12)17-9-13-2-1-3-14-9/h1-4H,12H2,(H,15,16). The molecule has 0 spiro atoms. The summed E-state index contributed by atoms with van der Waals surface area (Å²) in [6, 6.07) is 3.30. The molecule has 2 heterocycles. The van der Waals surface area contributed by atoms with E-state index in [1.54, 1.807) is 24.5 Å². The average Bonchev–Trinajstić information content (AvgIpc) is 2.34. The van der Waals surface area contributed by atoms with Crippen LogP contribution in [0.5, 0.6) is 0 Å². The summed E-state index contributed by atoms with van der Waals surface area (Å²) in [6.07, 6.45) is 3.28. The number of nitrogen functional groups attached to an aromatic ring is 1. The largest absolute Gasteiger partial charge is 0.307 e. The number of rotatable bonds is 3.